The summed E-state index contributed by atoms with van der Waals surface area (Å²) >= 11 is 0. The highest BCUT2D eigenvalue weighted by Crippen LogP contribution is 2.24. The van der Waals surface area contributed by atoms with E-state index in [0.29, 0.717) is 17.5 Å². The van der Waals surface area contributed by atoms with E-state index in [1.807, 2.05) is 33.8 Å². The second-order valence-corrected chi connectivity index (χ2v) is 5.18. The van der Waals surface area contributed by atoms with Gasteiger partial charge < -0.3 is 5.73 Å². The van der Waals surface area contributed by atoms with E-state index >= 15 is 0 Å². The van der Waals surface area contributed by atoms with Crippen molar-refractivity contribution < 1.29 is 8.78 Å². The molecule has 0 aliphatic heterocycles. The molecule has 0 radical (unpaired) electrons. The van der Waals surface area contributed by atoms with Crippen molar-refractivity contribution in [2.75, 3.05) is 7.05 Å². The molecule has 2 N–H and O–H groups in total. The lowest BCUT2D eigenvalue weighted by atomic mass is 9.93. The van der Waals surface area contributed by atoms with E-state index in [1.165, 1.54) is 19.2 Å². The Hall–Kier alpha value is -2.00. The van der Waals surface area contributed by atoms with Gasteiger partial charge in [0.25, 0.3) is 0 Å². The van der Waals surface area contributed by atoms with Crippen LogP contribution in [0.5, 0.6) is 0 Å². The maximum Gasteiger partial charge on any atom is 0.127 e. The normalized spacial score (nSPS) is 9.39. The van der Waals surface area contributed by atoms with Crippen molar-refractivity contribution in [3.05, 3.63) is 82.4 Å². The summed E-state index contributed by atoms with van der Waals surface area (Å²) in [6, 6.07) is 6.61. The zero-order chi connectivity index (χ0) is 18.2. The molecule has 0 bridgehead atoms. The van der Waals surface area contributed by atoms with E-state index < -0.39 is 0 Å². The molecule has 0 saturated carbocycles. The van der Waals surface area contributed by atoms with Crippen LogP contribution in [0.1, 0.15) is 33.4 Å². The molecule has 0 aliphatic carbocycles. The standard InChI is InChI=1S/C17H18F2.C2H4.CH5N/c1-10-5-6-14(16(18)7-10)9-15-13(4)12(3)11(2)8-17(15)19;2*1-2/h5-8H,9H2,1-4H3;1-2H2;2H2,1H3. The molecule has 0 fully saturated rings. The minimum atomic E-state index is -0.267. The second kappa shape index (κ2) is 9.90. The molecular formula is C20H27F2N. The van der Waals surface area contributed by atoms with Gasteiger partial charge in [-0.1, -0.05) is 12.1 Å². The Bertz CT molecular complexity index is 649. The van der Waals surface area contributed by atoms with Gasteiger partial charge in [0.2, 0.25) is 0 Å². The number of hydrogen-bond acceptors (Lipinski definition) is 1. The fourth-order valence-electron chi connectivity index (χ4n) is 2.29. The zero-order valence-electron chi connectivity index (χ0n) is 14.8. The van der Waals surface area contributed by atoms with Crippen molar-refractivity contribution in [2.45, 2.75) is 34.1 Å². The van der Waals surface area contributed by atoms with Crippen molar-refractivity contribution in [1.29, 1.82) is 0 Å². The van der Waals surface area contributed by atoms with E-state index in [4.69, 9.17) is 0 Å². The third-order valence-electron chi connectivity index (χ3n) is 3.81. The average Bonchev–Trinajstić information content (AvgIpc) is 2.55. The highest BCUT2D eigenvalue weighted by atomic mass is 19.1. The molecule has 2 rings (SSSR count). The maximum absolute atomic E-state index is 14.1. The van der Waals surface area contributed by atoms with E-state index in [1.54, 1.807) is 6.07 Å². The summed E-state index contributed by atoms with van der Waals surface area (Å²) in [5, 5.41) is 0. The van der Waals surface area contributed by atoms with Gasteiger partial charge in [-0.05, 0) is 80.3 Å². The largest absolute Gasteiger partial charge is 0.333 e. The molecule has 126 valence electrons. The predicted molar refractivity (Wildman–Crippen MR) is 95.9 cm³/mol. The zero-order valence-corrected chi connectivity index (χ0v) is 14.8. The first kappa shape index (κ1) is 21.0. The molecule has 3 heteroatoms. The smallest absolute Gasteiger partial charge is 0.127 e. The quantitative estimate of drug-likeness (QED) is 0.760. The maximum atomic E-state index is 14.1. The summed E-state index contributed by atoms with van der Waals surface area (Å²) in [5.74, 6) is -0.516. The number of halogens is 2. The first-order chi connectivity index (χ1) is 10.9. The number of aryl methyl sites for hydroxylation is 2. The van der Waals surface area contributed by atoms with Crippen LogP contribution < -0.4 is 5.73 Å². The van der Waals surface area contributed by atoms with E-state index in [-0.39, 0.29) is 11.6 Å². The molecule has 0 aliphatic rings. The van der Waals surface area contributed by atoms with Gasteiger partial charge >= 0.3 is 0 Å². The molecule has 0 spiro atoms. The van der Waals surface area contributed by atoms with E-state index in [0.717, 1.165) is 22.3 Å². The Labute approximate surface area is 138 Å². The summed E-state index contributed by atoms with van der Waals surface area (Å²) in [4.78, 5) is 0. The van der Waals surface area contributed by atoms with E-state index in [2.05, 4.69) is 18.9 Å². The van der Waals surface area contributed by atoms with Crippen LogP contribution in [0.2, 0.25) is 0 Å². The molecular weight excluding hydrogens is 292 g/mol. The SMILES string of the molecule is C=C.CN.Cc1ccc(Cc2c(F)cc(C)c(C)c2C)c(F)c1. The molecule has 23 heavy (non-hydrogen) atoms. The lowest BCUT2D eigenvalue weighted by molar-refractivity contribution is 0.596. The van der Waals surface area contributed by atoms with Crippen LogP contribution in [-0.4, -0.2) is 7.05 Å². The Morgan fingerprint density at radius 2 is 1.43 bits per heavy atom. The van der Waals surface area contributed by atoms with Crippen molar-refractivity contribution in [3.63, 3.8) is 0 Å². The van der Waals surface area contributed by atoms with E-state index in [9.17, 15) is 8.78 Å². The van der Waals surface area contributed by atoms with Crippen molar-refractivity contribution in [1.82, 2.24) is 0 Å². The molecule has 1 nitrogen and oxygen atoms in total. The highest BCUT2D eigenvalue weighted by molar-refractivity contribution is 5.42. The number of nitrogens with two attached hydrogens (primary N) is 1. The number of benzene rings is 2. The third-order valence-corrected chi connectivity index (χ3v) is 3.81. The summed E-state index contributed by atoms with van der Waals surface area (Å²) in [5.41, 5.74) is 9.42. The van der Waals surface area contributed by atoms with Crippen LogP contribution in [-0.2, 0) is 6.42 Å². The number of rotatable bonds is 2. The van der Waals surface area contributed by atoms with Gasteiger partial charge in [0.15, 0.2) is 0 Å². The number of hydrogen-bond donors (Lipinski definition) is 1. The van der Waals surface area contributed by atoms with Gasteiger partial charge in [0.05, 0.1) is 0 Å². The summed E-state index contributed by atoms with van der Waals surface area (Å²) in [6.07, 6.45) is 0.297. The Morgan fingerprint density at radius 3 is 1.96 bits per heavy atom. The fraction of sp³-hybridized carbons (Fsp3) is 0.300. The van der Waals surface area contributed by atoms with Crippen LogP contribution in [0.3, 0.4) is 0 Å². The van der Waals surface area contributed by atoms with Gasteiger partial charge in [-0.3, -0.25) is 0 Å². The van der Waals surface area contributed by atoms with Crippen molar-refractivity contribution in [2.24, 2.45) is 5.73 Å². The van der Waals surface area contributed by atoms with Crippen LogP contribution in [0.15, 0.2) is 37.4 Å². The molecule has 0 heterocycles. The van der Waals surface area contributed by atoms with Crippen molar-refractivity contribution >= 4 is 0 Å². The lowest BCUT2D eigenvalue weighted by Gasteiger charge is -2.13. The molecule has 0 unspecified atom stereocenters. The van der Waals surface area contributed by atoms with Gasteiger partial charge in [-0.25, -0.2) is 8.78 Å². The fourth-order valence-corrected chi connectivity index (χ4v) is 2.29. The molecule has 2 aromatic carbocycles. The minimum Gasteiger partial charge on any atom is -0.333 e. The van der Waals surface area contributed by atoms with Crippen molar-refractivity contribution in [3.8, 4) is 0 Å². The van der Waals surface area contributed by atoms with Gasteiger partial charge in [-0.2, -0.15) is 0 Å². The monoisotopic (exact) mass is 319 g/mol. The van der Waals surface area contributed by atoms with Crippen LogP contribution in [0.4, 0.5) is 8.78 Å². The van der Waals surface area contributed by atoms with Gasteiger partial charge in [0, 0.05) is 6.42 Å². The first-order valence-electron chi connectivity index (χ1n) is 7.48. The first-order valence-corrected chi connectivity index (χ1v) is 7.48. The molecule has 0 saturated heterocycles. The Kier molecular flexibility index (Phi) is 9.04. The predicted octanol–water partition coefficient (Wildman–Crippen LogP) is 5.17. The molecule has 0 aromatic heterocycles. The topological polar surface area (TPSA) is 26.0 Å². The second-order valence-electron chi connectivity index (χ2n) is 5.18. The molecule has 0 amide bonds. The summed E-state index contributed by atoms with van der Waals surface area (Å²) < 4.78 is 27.9. The molecule has 0 atom stereocenters. The van der Waals surface area contributed by atoms with Crippen LogP contribution in [0, 0.1) is 39.3 Å². The third kappa shape index (κ3) is 5.29. The Balaban J connectivity index is 0.00000112. The van der Waals surface area contributed by atoms with Crippen LogP contribution >= 0.6 is 0 Å². The lowest BCUT2D eigenvalue weighted by Crippen LogP contribution is -2.02. The summed E-state index contributed by atoms with van der Waals surface area (Å²) in [7, 11) is 1.50. The van der Waals surface area contributed by atoms with Crippen LogP contribution in [0.25, 0.3) is 0 Å². The van der Waals surface area contributed by atoms with Gasteiger partial charge in [0.1, 0.15) is 11.6 Å². The Morgan fingerprint density at radius 1 is 0.870 bits per heavy atom. The van der Waals surface area contributed by atoms with Gasteiger partial charge in [-0.15, -0.1) is 13.2 Å². The highest BCUT2D eigenvalue weighted by Gasteiger charge is 2.13. The summed E-state index contributed by atoms with van der Waals surface area (Å²) in [6.45, 7) is 13.6. The minimum absolute atomic E-state index is 0.249. The molecule has 2 aromatic rings. The average molecular weight is 319 g/mol.